The number of anilines is 1. The lowest BCUT2D eigenvalue weighted by Gasteiger charge is -2.42. The van der Waals surface area contributed by atoms with Gasteiger partial charge in [-0.15, -0.1) is 0 Å². The van der Waals surface area contributed by atoms with E-state index in [2.05, 4.69) is 53.4 Å². The number of nitrogens with one attached hydrogen (secondary N) is 1. The Bertz CT molecular complexity index is 756. The molecule has 8 heteroatoms. The van der Waals surface area contributed by atoms with Crippen molar-refractivity contribution in [2.75, 3.05) is 18.5 Å². The average Bonchev–Trinajstić information content (AvgIpc) is 3.03. The third kappa shape index (κ3) is 7.51. The van der Waals surface area contributed by atoms with Crippen LogP contribution < -0.4 is 5.32 Å². The highest BCUT2D eigenvalue weighted by atomic mass is 28.4. The number of hydrogen-bond donors (Lipinski definition) is 1. The Morgan fingerprint density at radius 3 is 2.16 bits per heavy atom. The van der Waals surface area contributed by atoms with Gasteiger partial charge in [-0.1, -0.05) is 54.2 Å². The lowest BCUT2D eigenvalue weighted by atomic mass is 10.2. The lowest BCUT2D eigenvalue weighted by molar-refractivity contribution is 0.00569. The van der Waals surface area contributed by atoms with E-state index in [1.54, 1.807) is 16.8 Å². The van der Waals surface area contributed by atoms with E-state index in [0.717, 1.165) is 0 Å². The zero-order valence-electron chi connectivity index (χ0n) is 21.3. The van der Waals surface area contributed by atoms with Crippen LogP contribution in [0.3, 0.4) is 0 Å². The van der Waals surface area contributed by atoms with Crippen molar-refractivity contribution >= 4 is 26.1 Å². The van der Waals surface area contributed by atoms with Gasteiger partial charge >= 0.3 is 12.1 Å². The van der Waals surface area contributed by atoms with Crippen molar-refractivity contribution < 1.29 is 23.5 Å². The predicted molar refractivity (Wildman–Crippen MR) is 132 cm³/mol. The van der Waals surface area contributed by atoms with Crippen LogP contribution in [-0.2, 0) is 20.4 Å². The number of aromatic nitrogens is 1. The zero-order valence-corrected chi connectivity index (χ0v) is 22.3. The molecule has 0 bridgehead atoms. The van der Waals surface area contributed by atoms with Crippen LogP contribution >= 0.6 is 0 Å². The summed E-state index contributed by atoms with van der Waals surface area (Å²) in [7, 11) is -2.03. The van der Waals surface area contributed by atoms with E-state index in [0.29, 0.717) is 41.2 Å². The molecule has 0 saturated heterocycles. The summed E-state index contributed by atoms with van der Waals surface area (Å²) >= 11 is 0. The topological polar surface area (TPSA) is 78.8 Å². The second-order valence-corrected chi connectivity index (χ2v) is 15.4. The smallest absolute Gasteiger partial charge is 0.411 e. The van der Waals surface area contributed by atoms with Gasteiger partial charge in [0.15, 0.2) is 8.32 Å². The first-order valence-corrected chi connectivity index (χ1v) is 13.5. The monoisotopic (exact) mass is 466 g/mol. The zero-order chi connectivity index (χ0) is 24.7. The minimum Gasteiger partial charge on any atom is -0.455 e. The molecular weight excluding hydrogens is 424 g/mol. The molecule has 0 aromatic carbocycles. The maximum atomic E-state index is 12.8. The van der Waals surface area contributed by atoms with Crippen molar-refractivity contribution in [2.45, 2.75) is 91.1 Å². The van der Waals surface area contributed by atoms with Crippen LogP contribution in [0.1, 0.15) is 72.8 Å². The second kappa shape index (κ2) is 11.7. The molecule has 1 aromatic heterocycles. The molecule has 1 N–H and O–H groups in total. The van der Waals surface area contributed by atoms with Gasteiger partial charge < -0.3 is 18.5 Å². The van der Waals surface area contributed by atoms with E-state index in [1.807, 2.05) is 20.8 Å². The maximum absolute atomic E-state index is 12.8. The van der Waals surface area contributed by atoms with Crippen molar-refractivity contribution in [3.05, 3.63) is 30.6 Å². The summed E-state index contributed by atoms with van der Waals surface area (Å²) in [6.45, 7) is 23.5. The van der Waals surface area contributed by atoms with E-state index < -0.39 is 26.0 Å². The van der Waals surface area contributed by atoms with Gasteiger partial charge in [0, 0.05) is 12.7 Å². The van der Waals surface area contributed by atoms with E-state index in [4.69, 9.17) is 13.9 Å². The Morgan fingerprint density at radius 2 is 1.69 bits per heavy atom. The Balaban J connectivity index is 3.11. The summed E-state index contributed by atoms with van der Waals surface area (Å²) in [4.78, 5) is 24.7. The first-order chi connectivity index (χ1) is 14.7. The molecule has 182 valence electrons. The number of hydrogen-bond acceptors (Lipinski definition) is 5. The third-order valence-electron chi connectivity index (χ3n) is 5.47. The molecule has 0 aliphatic carbocycles. The molecule has 1 heterocycles. The van der Waals surface area contributed by atoms with Gasteiger partial charge in [-0.2, -0.15) is 0 Å². The number of nitrogens with zero attached hydrogens (tertiary/aromatic N) is 1. The molecule has 0 saturated carbocycles. The molecule has 1 amide bonds. The van der Waals surface area contributed by atoms with Gasteiger partial charge in [0.25, 0.3) is 0 Å². The molecule has 0 aliphatic rings. The van der Waals surface area contributed by atoms with Crippen LogP contribution in [-0.4, -0.2) is 43.8 Å². The van der Waals surface area contributed by atoms with Crippen molar-refractivity contribution in [3.63, 3.8) is 0 Å². The van der Waals surface area contributed by atoms with Gasteiger partial charge in [-0.05, 0) is 43.5 Å². The Kier molecular flexibility index (Phi) is 10.2. The highest BCUT2D eigenvalue weighted by molar-refractivity contribution is 6.77. The van der Waals surface area contributed by atoms with Crippen LogP contribution in [0.15, 0.2) is 24.9 Å². The molecule has 1 aromatic rings. The van der Waals surface area contributed by atoms with Gasteiger partial charge in [-0.3, -0.25) is 5.32 Å². The number of carbonyl (C=O) groups is 2. The number of amides is 1. The lowest BCUT2D eigenvalue weighted by Crippen LogP contribution is -2.48. The molecule has 0 fully saturated rings. The fourth-order valence-electron chi connectivity index (χ4n) is 4.37. The van der Waals surface area contributed by atoms with Gasteiger partial charge in [0.05, 0.1) is 12.3 Å². The van der Waals surface area contributed by atoms with Crippen LogP contribution in [0.5, 0.6) is 0 Å². The predicted octanol–water partition coefficient (Wildman–Crippen LogP) is 6.37. The minimum atomic E-state index is -2.03. The van der Waals surface area contributed by atoms with E-state index >= 15 is 0 Å². The summed E-state index contributed by atoms with van der Waals surface area (Å²) in [5.41, 5.74) is 1.58. The van der Waals surface area contributed by atoms with Crippen molar-refractivity contribution in [3.8, 4) is 0 Å². The second-order valence-electron chi connectivity index (χ2n) is 9.99. The molecule has 0 spiro atoms. The van der Waals surface area contributed by atoms with E-state index in [1.165, 1.54) is 6.08 Å². The first-order valence-electron chi connectivity index (χ1n) is 11.4. The third-order valence-corrected chi connectivity index (χ3v) is 11.6. The van der Waals surface area contributed by atoms with Gasteiger partial charge in [0.1, 0.15) is 17.9 Å². The molecule has 0 atom stereocenters. The summed E-state index contributed by atoms with van der Waals surface area (Å²) in [6.07, 6.45) is 2.59. The van der Waals surface area contributed by atoms with Crippen LogP contribution in [0.25, 0.3) is 0 Å². The summed E-state index contributed by atoms with van der Waals surface area (Å²) < 4.78 is 19.0. The van der Waals surface area contributed by atoms with Crippen LogP contribution in [0, 0.1) is 0 Å². The Hall–Kier alpha value is -2.06. The quantitative estimate of drug-likeness (QED) is 0.233. The standard InChI is InChI=1S/C24H42N2O5Si/c1-11-13-29-23(28)25-20-15-21(22(27)31-24(8,9)10)26(16-20)12-14-30-32(17(2)3,18(4)5)19(6)7/h11,15-19H,1,12-14H2,2-10H3,(H,25,28). The summed E-state index contributed by atoms with van der Waals surface area (Å²) in [5, 5.41) is 2.65. The van der Waals surface area contributed by atoms with Crippen LogP contribution in [0.4, 0.5) is 10.5 Å². The highest BCUT2D eigenvalue weighted by Crippen LogP contribution is 2.42. The number of ether oxygens (including phenoxy) is 2. The molecule has 32 heavy (non-hydrogen) atoms. The van der Waals surface area contributed by atoms with E-state index in [-0.39, 0.29) is 6.61 Å². The molecule has 0 radical (unpaired) electrons. The fourth-order valence-corrected chi connectivity index (χ4v) is 9.82. The first kappa shape index (κ1) is 28.0. The van der Waals surface area contributed by atoms with Crippen molar-refractivity contribution in [1.82, 2.24) is 4.57 Å². The Morgan fingerprint density at radius 1 is 1.12 bits per heavy atom. The molecule has 0 aliphatic heterocycles. The van der Waals surface area contributed by atoms with Crippen molar-refractivity contribution in [2.24, 2.45) is 0 Å². The highest BCUT2D eigenvalue weighted by Gasteiger charge is 2.44. The SMILES string of the molecule is C=CCOC(=O)Nc1cc(C(=O)OC(C)(C)C)n(CCO[Si](C(C)C)(C(C)C)C(C)C)c1. The minimum absolute atomic E-state index is 0.103. The molecule has 7 nitrogen and oxygen atoms in total. The molecular formula is C24H42N2O5Si. The molecule has 1 rings (SSSR count). The van der Waals surface area contributed by atoms with Gasteiger partial charge in [0.2, 0.25) is 0 Å². The number of rotatable bonds is 11. The summed E-state index contributed by atoms with van der Waals surface area (Å²) in [6, 6.07) is 1.60. The molecule has 0 unspecified atom stereocenters. The Labute approximate surface area is 194 Å². The van der Waals surface area contributed by atoms with Crippen LogP contribution in [0.2, 0.25) is 16.6 Å². The largest absolute Gasteiger partial charge is 0.455 e. The fraction of sp³-hybridized carbons (Fsp3) is 0.667. The van der Waals surface area contributed by atoms with E-state index in [9.17, 15) is 9.59 Å². The average molecular weight is 467 g/mol. The number of carbonyl (C=O) groups excluding carboxylic acids is 2. The summed E-state index contributed by atoms with van der Waals surface area (Å²) in [5.74, 6) is -0.454. The normalized spacial score (nSPS) is 12.4. The maximum Gasteiger partial charge on any atom is 0.411 e. The van der Waals surface area contributed by atoms with Crippen molar-refractivity contribution in [1.29, 1.82) is 0 Å². The van der Waals surface area contributed by atoms with Gasteiger partial charge in [-0.25, -0.2) is 9.59 Å². The number of esters is 1.